The molecular formula is C14H19N3O3S. The lowest BCUT2D eigenvalue weighted by Crippen LogP contribution is -2.09. The minimum absolute atomic E-state index is 0.225. The van der Waals surface area contributed by atoms with Crippen LogP contribution in [-0.2, 0) is 16.6 Å². The summed E-state index contributed by atoms with van der Waals surface area (Å²) < 4.78 is 12.2. The number of furan rings is 1. The molecule has 114 valence electrons. The van der Waals surface area contributed by atoms with Gasteiger partial charge in [-0.05, 0) is 19.4 Å². The fourth-order valence-corrected chi connectivity index (χ4v) is 2.50. The zero-order valence-corrected chi connectivity index (χ0v) is 13.3. The van der Waals surface area contributed by atoms with E-state index in [1.54, 1.807) is 6.26 Å². The van der Waals surface area contributed by atoms with E-state index in [0.29, 0.717) is 11.8 Å². The SMILES string of the molecule is CCCCOC(=O)CSc1nnc(-c2ccoc2C)n1C. The highest BCUT2D eigenvalue weighted by Crippen LogP contribution is 2.25. The second-order valence-corrected chi connectivity index (χ2v) is 5.56. The maximum absolute atomic E-state index is 11.6. The van der Waals surface area contributed by atoms with Crippen LogP contribution in [0.15, 0.2) is 21.9 Å². The molecule has 6 nitrogen and oxygen atoms in total. The third-order valence-electron chi connectivity index (χ3n) is 3.01. The van der Waals surface area contributed by atoms with Crippen LogP contribution >= 0.6 is 11.8 Å². The third kappa shape index (κ3) is 3.87. The van der Waals surface area contributed by atoms with Gasteiger partial charge >= 0.3 is 5.97 Å². The molecule has 2 rings (SSSR count). The number of rotatable bonds is 7. The molecule has 2 heterocycles. The van der Waals surface area contributed by atoms with Crippen molar-refractivity contribution >= 4 is 17.7 Å². The Hall–Kier alpha value is -1.76. The fourth-order valence-electron chi connectivity index (χ4n) is 1.79. The van der Waals surface area contributed by atoms with Crippen LogP contribution in [0.2, 0.25) is 0 Å². The molecule has 0 radical (unpaired) electrons. The highest BCUT2D eigenvalue weighted by molar-refractivity contribution is 7.99. The predicted octanol–water partition coefficient (Wildman–Crippen LogP) is 2.82. The van der Waals surface area contributed by atoms with Gasteiger partial charge in [-0.3, -0.25) is 4.79 Å². The summed E-state index contributed by atoms with van der Waals surface area (Å²) in [6, 6.07) is 1.85. The van der Waals surface area contributed by atoms with Gasteiger partial charge in [-0.25, -0.2) is 0 Å². The summed E-state index contributed by atoms with van der Waals surface area (Å²) in [5.41, 5.74) is 0.905. The summed E-state index contributed by atoms with van der Waals surface area (Å²) >= 11 is 1.32. The number of nitrogens with zero attached hydrogens (tertiary/aromatic N) is 3. The molecule has 0 aliphatic carbocycles. The van der Waals surface area contributed by atoms with E-state index in [4.69, 9.17) is 9.15 Å². The molecule has 0 N–H and O–H groups in total. The molecule has 7 heteroatoms. The maximum atomic E-state index is 11.6. The molecule has 0 saturated heterocycles. The molecule has 0 spiro atoms. The number of carbonyl (C=O) groups excluding carboxylic acids is 1. The van der Waals surface area contributed by atoms with Crippen LogP contribution in [0.25, 0.3) is 11.4 Å². The predicted molar refractivity (Wildman–Crippen MR) is 80.0 cm³/mol. The van der Waals surface area contributed by atoms with Crippen molar-refractivity contribution in [3.8, 4) is 11.4 Å². The first-order chi connectivity index (χ1) is 10.1. The van der Waals surface area contributed by atoms with Crippen molar-refractivity contribution in [2.75, 3.05) is 12.4 Å². The van der Waals surface area contributed by atoms with Gasteiger partial charge in [0, 0.05) is 7.05 Å². The molecule has 0 aliphatic rings. The molecule has 0 saturated carbocycles. The fraction of sp³-hybridized carbons (Fsp3) is 0.500. The average Bonchev–Trinajstić information content (AvgIpc) is 3.03. The number of hydrogen-bond acceptors (Lipinski definition) is 6. The Labute approximate surface area is 127 Å². The van der Waals surface area contributed by atoms with Gasteiger partial charge < -0.3 is 13.7 Å². The molecule has 0 unspecified atom stereocenters. The third-order valence-corrected chi connectivity index (χ3v) is 4.01. The summed E-state index contributed by atoms with van der Waals surface area (Å²) in [5, 5.41) is 8.94. The van der Waals surface area contributed by atoms with Gasteiger partial charge in [0.15, 0.2) is 11.0 Å². The number of carbonyl (C=O) groups is 1. The quantitative estimate of drug-likeness (QED) is 0.445. The van der Waals surface area contributed by atoms with Crippen molar-refractivity contribution in [3.05, 3.63) is 18.1 Å². The molecule has 0 aliphatic heterocycles. The van der Waals surface area contributed by atoms with Crippen LogP contribution < -0.4 is 0 Å². The minimum atomic E-state index is -0.225. The van der Waals surface area contributed by atoms with Crippen LogP contribution in [0.5, 0.6) is 0 Å². The molecule has 0 atom stereocenters. The van der Waals surface area contributed by atoms with Crippen molar-refractivity contribution < 1.29 is 13.9 Å². The van der Waals surface area contributed by atoms with Gasteiger partial charge in [-0.1, -0.05) is 25.1 Å². The van der Waals surface area contributed by atoms with Gasteiger partial charge in [0.25, 0.3) is 0 Å². The number of hydrogen-bond donors (Lipinski definition) is 0. The van der Waals surface area contributed by atoms with E-state index >= 15 is 0 Å². The summed E-state index contributed by atoms with van der Waals surface area (Å²) in [4.78, 5) is 11.6. The van der Waals surface area contributed by atoms with Gasteiger partial charge in [0.1, 0.15) is 5.76 Å². The minimum Gasteiger partial charge on any atom is -0.469 e. The van der Waals surface area contributed by atoms with Gasteiger partial charge in [0.05, 0.1) is 24.2 Å². The highest BCUT2D eigenvalue weighted by atomic mass is 32.2. The van der Waals surface area contributed by atoms with E-state index in [0.717, 1.165) is 30.0 Å². The Balaban J connectivity index is 1.95. The Kier molecular flexibility index (Phi) is 5.44. The molecule has 0 bridgehead atoms. The lowest BCUT2D eigenvalue weighted by atomic mass is 10.2. The van der Waals surface area contributed by atoms with Crippen LogP contribution in [0.1, 0.15) is 25.5 Å². The Morgan fingerprint density at radius 3 is 2.95 bits per heavy atom. The summed E-state index contributed by atoms with van der Waals surface area (Å²) in [6.07, 6.45) is 3.53. The van der Waals surface area contributed by atoms with Gasteiger partial charge in [-0.15, -0.1) is 10.2 Å². The maximum Gasteiger partial charge on any atom is 0.316 e. The molecule has 2 aromatic rings. The smallest absolute Gasteiger partial charge is 0.316 e. The van der Waals surface area contributed by atoms with Crippen molar-refractivity contribution in [3.63, 3.8) is 0 Å². The second kappa shape index (κ2) is 7.31. The normalized spacial score (nSPS) is 10.8. The average molecular weight is 309 g/mol. The second-order valence-electron chi connectivity index (χ2n) is 4.62. The molecule has 0 fully saturated rings. The standard InChI is InChI=1S/C14H19N3O3S/c1-4-5-7-20-12(18)9-21-14-16-15-13(17(14)3)11-6-8-19-10(11)2/h6,8H,4-5,7,9H2,1-3H3. The monoisotopic (exact) mass is 309 g/mol. The first kappa shape index (κ1) is 15.6. The van der Waals surface area contributed by atoms with E-state index in [1.165, 1.54) is 11.8 Å². The molecule has 0 aromatic carbocycles. The van der Waals surface area contributed by atoms with E-state index in [2.05, 4.69) is 17.1 Å². The van der Waals surface area contributed by atoms with Crippen LogP contribution in [0, 0.1) is 6.92 Å². The topological polar surface area (TPSA) is 70.2 Å². The van der Waals surface area contributed by atoms with E-state index in [1.807, 2.05) is 24.6 Å². The van der Waals surface area contributed by atoms with Crippen molar-refractivity contribution in [1.29, 1.82) is 0 Å². The van der Waals surface area contributed by atoms with Gasteiger partial charge in [-0.2, -0.15) is 0 Å². The largest absolute Gasteiger partial charge is 0.469 e. The van der Waals surface area contributed by atoms with Crippen molar-refractivity contribution in [2.45, 2.75) is 31.8 Å². The number of aryl methyl sites for hydroxylation is 1. The zero-order valence-electron chi connectivity index (χ0n) is 12.5. The van der Waals surface area contributed by atoms with E-state index in [-0.39, 0.29) is 11.7 Å². The summed E-state index contributed by atoms with van der Waals surface area (Å²) in [6.45, 7) is 4.41. The summed E-state index contributed by atoms with van der Waals surface area (Å²) in [5.74, 6) is 1.53. The molecule has 2 aromatic heterocycles. The summed E-state index contributed by atoms with van der Waals surface area (Å²) in [7, 11) is 1.87. The Morgan fingerprint density at radius 1 is 1.48 bits per heavy atom. The number of thioether (sulfide) groups is 1. The van der Waals surface area contributed by atoms with E-state index in [9.17, 15) is 4.79 Å². The lowest BCUT2D eigenvalue weighted by molar-refractivity contribution is -0.140. The number of esters is 1. The molecule has 0 amide bonds. The first-order valence-corrected chi connectivity index (χ1v) is 7.84. The van der Waals surface area contributed by atoms with Crippen LogP contribution in [-0.4, -0.2) is 33.1 Å². The number of aromatic nitrogens is 3. The van der Waals surface area contributed by atoms with E-state index < -0.39 is 0 Å². The Bertz CT molecular complexity index is 606. The Morgan fingerprint density at radius 2 is 2.29 bits per heavy atom. The van der Waals surface area contributed by atoms with Crippen molar-refractivity contribution in [1.82, 2.24) is 14.8 Å². The van der Waals surface area contributed by atoms with Crippen LogP contribution in [0.3, 0.4) is 0 Å². The van der Waals surface area contributed by atoms with Crippen molar-refractivity contribution in [2.24, 2.45) is 7.05 Å². The van der Waals surface area contributed by atoms with Crippen LogP contribution in [0.4, 0.5) is 0 Å². The first-order valence-electron chi connectivity index (χ1n) is 6.85. The zero-order chi connectivity index (χ0) is 15.2. The highest BCUT2D eigenvalue weighted by Gasteiger charge is 2.15. The molecule has 21 heavy (non-hydrogen) atoms. The number of unbranched alkanes of at least 4 members (excludes halogenated alkanes) is 1. The lowest BCUT2D eigenvalue weighted by Gasteiger charge is -2.04. The molecular weight excluding hydrogens is 290 g/mol. The van der Waals surface area contributed by atoms with Gasteiger partial charge in [0.2, 0.25) is 0 Å². The number of ether oxygens (including phenoxy) is 1.